The Labute approximate surface area is 124 Å². The molecule has 1 saturated heterocycles. The normalized spacial score (nSPS) is 16.0. The number of nitrogens with zero attached hydrogens (tertiary/aromatic N) is 2. The summed E-state index contributed by atoms with van der Waals surface area (Å²) >= 11 is 0. The molecule has 1 fully saturated rings. The first kappa shape index (κ1) is 15.6. The summed E-state index contributed by atoms with van der Waals surface area (Å²) in [5, 5.41) is 3.45. The molecule has 1 amide bonds. The molecule has 1 aliphatic rings. The number of piperidine rings is 1. The maximum Gasteiger partial charge on any atom is 0.250 e. The van der Waals surface area contributed by atoms with Gasteiger partial charge in [-0.1, -0.05) is 0 Å². The van der Waals surface area contributed by atoms with Crippen LogP contribution in [-0.4, -0.2) is 48.2 Å². The van der Waals surface area contributed by atoms with Crippen LogP contribution in [0.2, 0.25) is 0 Å². The van der Waals surface area contributed by atoms with Crippen molar-refractivity contribution in [1.82, 2.24) is 9.47 Å². The Balaban J connectivity index is 1.94. The van der Waals surface area contributed by atoms with Gasteiger partial charge in [-0.15, -0.1) is 0 Å². The van der Waals surface area contributed by atoms with Crippen LogP contribution in [0.5, 0.6) is 0 Å². The largest absolute Gasteiger partial charge is 0.383 e. The Bertz CT molecular complexity index is 533. The fourth-order valence-corrected chi connectivity index (χ4v) is 2.56. The van der Waals surface area contributed by atoms with Crippen LogP contribution >= 0.6 is 0 Å². The molecule has 0 spiro atoms. The van der Waals surface area contributed by atoms with Gasteiger partial charge in [0.2, 0.25) is 5.91 Å². The molecule has 6 heteroatoms. The first-order valence-electron chi connectivity index (χ1n) is 7.31. The summed E-state index contributed by atoms with van der Waals surface area (Å²) in [6.45, 7) is 4.25. The molecule has 1 aromatic heterocycles. The number of aromatic nitrogens is 1. The van der Waals surface area contributed by atoms with Crippen LogP contribution < -0.4 is 10.9 Å². The van der Waals surface area contributed by atoms with E-state index < -0.39 is 0 Å². The fraction of sp³-hybridized carbons (Fsp3) is 0.600. The van der Waals surface area contributed by atoms with Crippen molar-refractivity contribution in [3.63, 3.8) is 0 Å². The topological polar surface area (TPSA) is 63.6 Å². The van der Waals surface area contributed by atoms with Gasteiger partial charge in [-0.25, -0.2) is 0 Å². The standard InChI is InChI=1S/C15H23N3O3/c1-12(19)17-7-5-13(6-8-17)16-14-3-4-15(20)18(11-14)9-10-21-2/h3-4,11,13,16H,5-10H2,1-2H3. The molecule has 21 heavy (non-hydrogen) atoms. The van der Waals surface area contributed by atoms with E-state index in [1.54, 1.807) is 24.7 Å². The van der Waals surface area contributed by atoms with Crippen LogP contribution in [0.1, 0.15) is 19.8 Å². The summed E-state index contributed by atoms with van der Waals surface area (Å²) in [6, 6.07) is 3.72. The van der Waals surface area contributed by atoms with Gasteiger partial charge in [-0.05, 0) is 18.9 Å². The van der Waals surface area contributed by atoms with E-state index in [-0.39, 0.29) is 11.5 Å². The van der Waals surface area contributed by atoms with Crippen molar-refractivity contribution in [2.75, 3.05) is 32.1 Å². The number of rotatable bonds is 5. The van der Waals surface area contributed by atoms with Crippen LogP contribution in [0.3, 0.4) is 0 Å². The highest BCUT2D eigenvalue weighted by atomic mass is 16.5. The average Bonchev–Trinajstić information content (AvgIpc) is 2.48. The summed E-state index contributed by atoms with van der Waals surface area (Å²) in [4.78, 5) is 24.9. The minimum absolute atomic E-state index is 0.0241. The molecule has 0 atom stereocenters. The zero-order valence-electron chi connectivity index (χ0n) is 12.7. The minimum Gasteiger partial charge on any atom is -0.383 e. The first-order chi connectivity index (χ1) is 10.1. The SMILES string of the molecule is COCCn1cc(NC2CCN(C(C)=O)CC2)ccc1=O. The van der Waals surface area contributed by atoms with Gasteiger partial charge in [0.25, 0.3) is 5.56 Å². The van der Waals surface area contributed by atoms with E-state index in [0.29, 0.717) is 19.2 Å². The zero-order valence-corrected chi connectivity index (χ0v) is 12.7. The van der Waals surface area contributed by atoms with Gasteiger partial charge in [0.15, 0.2) is 0 Å². The van der Waals surface area contributed by atoms with Crippen LogP contribution in [-0.2, 0) is 16.1 Å². The molecule has 1 aromatic rings. The lowest BCUT2D eigenvalue weighted by Gasteiger charge is -2.32. The number of methoxy groups -OCH3 is 1. The van der Waals surface area contributed by atoms with Crippen molar-refractivity contribution in [2.24, 2.45) is 0 Å². The smallest absolute Gasteiger partial charge is 0.250 e. The summed E-state index contributed by atoms with van der Waals surface area (Å²) in [6.07, 6.45) is 3.69. The van der Waals surface area contributed by atoms with E-state index >= 15 is 0 Å². The Morgan fingerprint density at radius 1 is 1.38 bits per heavy atom. The number of ether oxygens (including phenoxy) is 1. The molecule has 0 aliphatic carbocycles. The Morgan fingerprint density at radius 2 is 2.10 bits per heavy atom. The summed E-state index contributed by atoms with van der Waals surface area (Å²) in [7, 11) is 1.62. The van der Waals surface area contributed by atoms with E-state index in [2.05, 4.69) is 5.32 Å². The molecule has 0 unspecified atom stereocenters. The van der Waals surface area contributed by atoms with Crippen molar-refractivity contribution in [1.29, 1.82) is 0 Å². The molecular formula is C15H23N3O3. The number of carbonyl (C=O) groups is 1. The lowest BCUT2D eigenvalue weighted by atomic mass is 10.0. The van der Waals surface area contributed by atoms with Crippen molar-refractivity contribution in [2.45, 2.75) is 32.4 Å². The van der Waals surface area contributed by atoms with E-state index in [1.807, 2.05) is 17.2 Å². The predicted molar refractivity (Wildman–Crippen MR) is 81.5 cm³/mol. The van der Waals surface area contributed by atoms with E-state index in [9.17, 15) is 9.59 Å². The highest BCUT2D eigenvalue weighted by Gasteiger charge is 2.20. The van der Waals surface area contributed by atoms with Crippen molar-refractivity contribution < 1.29 is 9.53 Å². The summed E-state index contributed by atoms with van der Waals surface area (Å²) in [5.41, 5.74) is 0.913. The van der Waals surface area contributed by atoms with Crippen LogP contribution in [0.25, 0.3) is 0 Å². The van der Waals surface area contributed by atoms with Gasteiger partial charge in [0.1, 0.15) is 0 Å². The maximum atomic E-state index is 11.7. The third kappa shape index (κ3) is 4.32. The molecule has 2 heterocycles. The van der Waals surface area contributed by atoms with Crippen molar-refractivity contribution >= 4 is 11.6 Å². The van der Waals surface area contributed by atoms with E-state index in [1.165, 1.54) is 0 Å². The van der Waals surface area contributed by atoms with Crippen LogP contribution in [0.15, 0.2) is 23.1 Å². The van der Waals surface area contributed by atoms with Crippen LogP contribution in [0, 0.1) is 0 Å². The molecule has 1 aliphatic heterocycles. The third-order valence-electron chi connectivity index (χ3n) is 3.83. The second-order valence-electron chi connectivity index (χ2n) is 5.37. The average molecular weight is 293 g/mol. The molecule has 116 valence electrons. The molecule has 6 nitrogen and oxygen atoms in total. The number of hydrogen-bond donors (Lipinski definition) is 1. The highest BCUT2D eigenvalue weighted by Crippen LogP contribution is 2.15. The quantitative estimate of drug-likeness (QED) is 0.877. The van der Waals surface area contributed by atoms with Gasteiger partial charge in [0, 0.05) is 52.0 Å². The van der Waals surface area contributed by atoms with Gasteiger partial charge >= 0.3 is 0 Å². The number of pyridine rings is 1. The molecule has 1 N–H and O–H groups in total. The number of hydrogen-bond acceptors (Lipinski definition) is 4. The molecule has 0 bridgehead atoms. The zero-order chi connectivity index (χ0) is 15.2. The van der Waals surface area contributed by atoms with E-state index in [4.69, 9.17) is 4.74 Å². The number of anilines is 1. The maximum absolute atomic E-state index is 11.7. The number of nitrogens with one attached hydrogen (secondary N) is 1. The van der Waals surface area contributed by atoms with Crippen molar-refractivity contribution in [3.8, 4) is 0 Å². The molecular weight excluding hydrogens is 270 g/mol. The lowest BCUT2D eigenvalue weighted by Crippen LogP contribution is -2.41. The first-order valence-corrected chi connectivity index (χ1v) is 7.31. The van der Waals surface area contributed by atoms with Gasteiger partial charge in [0.05, 0.1) is 12.3 Å². The molecule has 0 saturated carbocycles. The monoisotopic (exact) mass is 293 g/mol. The third-order valence-corrected chi connectivity index (χ3v) is 3.83. The minimum atomic E-state index is -0.0241. The Kier molecular flexibility index (Phi) is 5.38. The number of amides is 1. The molecule has 0 aromatic carbocycles. The number of likely N-dealkylation sites (tertiary alicyclic amines) is 1. The summed E-state index contributed by atoms with van der Waals surface area (Å²) < 4.78 is 6.66. The van der Waals surface area contributed by atoms with E-state index in [0.717, 1.165) is 31.6 Å². The Hall–Kier alpha value is -1.82. The van der Waals surface area contributed by atoms with Gasteiger partial charge in [-0.2, -0.15) is 0 Å². The Morgan fingerprint density at radius 3 is 2.71 bits per heavy atom. The van der Waals surface area contributed by atoms with Gasteiger partial charge in [-0.3, -0.25) is 9.59 Å². The summed E-state index contributed by atoms with van der Waals surface area (Å²) in [5.74, 6) is 0.140. The van der Waals surface area contributed by atoms with Gasteiger partial charge < -0.3 is 19.5 Å². The second kappa shape index (κ2) is 7.26. The highest BCUT2D eigenvalue weighted by molar-refractivity contribution is 5.73. The van der Waals surface area contributed by atoms with Crippen molar-refractivity contribution in [3.05, 3.63) is 28.7 Å². The lowest BCUT2D eigenvalue weighted by molar-refractivity contribution is -0.129. The molecule has 2 rings (SSSR count). The second-order valence-corrected chi connectivity index (χ2v) is 5.37. The number of carbonyl (C=O) groups excluding carboxylic acids is 1. The predicted octanol–water partition coefficient (Wildman–Crippen LogP) is 0.917. The van der Waals surface area contributed by atoms with Crippen LogP contribution in [0.4, 0.5) is 5.69 Å². The fourth-order valence-electron chi connectivity index (χ4n) is 2.56. The molecule has 0 radical (unpaired) electrons.